The van der Waals surface area contributed by atoms with E-state index >= 15 is 0 Å². The van der Waals surface area contributed by atoms with E-state index in [0.717, 1.165) is 49.6 Å². The van der Waals surface area contributed by atoms with Crippen LogP contribution in [0.4, 0.5) is 0 Å². The number of pyridine rings is 1. The monoisotopic (exact) mass is 307 g/mol. The third kappa shape index (κ3) is 2.72. The Hall–Kier alpha value is -2.27. The molecule has 5 nitrogen and oxygen atoms in total. The van der Waals surface area contributed by atoms with Gasteiger partial charge in [0.05, 0.1) is 11.4 Å². The maximum atomic E-state index is 4.75. The summed E-state index contributed by atoms with van der Waals surface area (Å²) in [4.78, 5) is 16.3. The molecule has 0 unspecified atom stereocenters. The number of aryl methyl sites for hydroxylation is 2. The molecule has 0 bridgehead atoms. The number of fused-ring (bicyclic) bond motifs is 2. The van der Waals surface area contributed by atoms with Crippen molar-refractivity contribution in [2.45, 2.75) is 39.8 Å². The van der Waals surface area contributed by atoms with E-state index in [1.165, 1.54) is 17.0 Å². The standard InChI is InChI=1S/C18H21N5/c1-3-17-19-9-14-7-8-22(12-16(14)21-17)10-15-11-23-13(2)5-4-6-18(23)20-15/h4-6,9,11H,3,7-8,10,12H2,1-2H3. The van der Waals surface area contributed by atoms with Crippen LogP contribution in [0.2, 0.25) is 0 Å². The zero-order valence-electron chi connectivity index (χ0n) is 13.7. The highest BCUT2D eigenvalue weighted by Crippen LogP contribution is 2.19. The second-order valence-electron chi connectivity index (χ2n) is 6.20. The van der Waals surface area contributed by atoms with Crippen LogP contribution in [0.3, 0.4) is 0 Å². The van der Waals surface area contributed by atoms with Crippen molar-refractivity contribution in [1.29, 1.82) is 0 Å². The number of rotatable bonds is 3. The smallest absolute Gasteiger partial charge is 0.137 e. The average Bonchev–Trinajstić information content (AvgIpc) is 2.98. The third-order valence-electron chi connectivity index (χ3n) is 4.52. The van der Waals surface area contributed by atoms with Crippen molar-refractivity contribution in [3.63, 3.8) is 0 Å². The van der Waals surface area contributed by atoms with E-state index in [1.807, 2.05) is 6.20 Å². The summed E-state index contributed by atoms with van der Waals surface area (Å²) < 4.78 is 2.16. The van der Waals surface area contributed by atoms with E-state index in [2.05, 4.69) is 52.5 Å². The SMILES string of the molecule is CCc1ncc2c(n1)CN(Cc1cn3c(C)cccc3n1)CC2. The molecule has 4 heterocycles. The number of hydrogen-bond donors (Lipinski definition) is 0. The van der Waals surface area contributed by atoms with Gasteiger partial charge in [-0.15, -0.1) is 0 Å². The van der Waals surface area contributed by atoms with Crippen LogP contribution in [-0.4, -0.2) is 30.8 Å². The number of nitrogens with zero attached hydrogens (tertiary/aromatic N) is 5. The van der Waals surface area contributed by atoms with Crippen LogP contribution in [0.25, 0.3) is 5.65 Å². The molecule has 0 N–H and O–H groups in total. The van der Waals surface area contributed by atoms with Crippen LogP contribution in [0, 0.1) is 6.92 Å². The Bertz CT molecular complexity index is 852. The van der Waals surface area contributed by atoms with Gasteiger partial charge in [-0.3, -0.25) is 4.90 Å². The quantitative estimate of drug-likeness (QED) is 0.746. The second kappa shape index (κ2) is 5.74. The van der Waals surface area contributed by atoms with Crippen LogP contribution in [-0.2, 0) is 25.9 Å². The Balaban J connectivity index is 1.55. The molecule has 0 saturated carbocycles. The van der Waals surface area contributed by atoms with Gasteiger partial charge in [0.2, 0.25) is 0 Å². The van der Waals surface area contributed by atoms with E-state index in [9.17, 15) is 0 Å². The van der Waals surface area contributed by atoms with Crippen LogP contribution in [0.5, 0.6) is 0 Å². The summed E-state index contributed by atoms with van der Waals surface area (Å²) in [7, 11) is 0. The van der Waals surface area contributed by atoms with Gasteiger partial charge < -0.3 is 4.40 Å². The Morgan fingerprint density at radius 3 is 2.96 bits per heavy atom. The van der Waals surface area contributed by atoms with Crippen molar-refractivity contribution in [1.82, 2.24) is 24.3 Å². The summed E-state index contributed by atoms with van der Waals surface area (Å²) in [5.74, 6) is 0.939. The van der Waals surface area contributed by atoms with Gasteiger partial charge in [0.25, 0.3) is 0 Å². The van der Waals surface area contributed by atoms with E-state index in [1.54, 1.807) is 0 Å². The lowest BCUT2D eigenvalue weighted by Crippen LogP contribution is -2.31. The molecule has 0 radical (unpaired) electrons. The minimum absolute atomic E-state index is 0.867. The first-order chi connectivity index (χ1) is 11.2. The van der Waals surface area contributed by atoms with Crippen LogP contribution in [0.1, 0.15) is 35.4 Å². The second-order valence-corrected chi connectivity index (χ2v) is 6.20. The molecule has 0 spiro atoms. The fourth-order valence-electron chi connectivity index (χ4n) is 3.21. The average molecular weight is 307 g/mol. The highest BCUT2D eigenvalue weighted by molar-refractivity contribution is 5.41. The minimum Gasteiger partial charge on any atom is -0.304 e. The Morgan fingerprint density at radius 1 is 1.22 bits per heavy atom. The largest absolute Gasteiger partial charge is 0.304 e. The van der Waals surface area contributed by atoms with Crippen molar-refractivity contribution in [2.24, 2.45) is 0 Å². The Morgan fingerprint density at radius 2 is 2.13 bits per heavy atom. The summed E-state index contributed by atoms with van der Waals surface area (Å²) in [6, 6.07) is 6.23. The fourth-order valence-corrected chi connectivity index (χ4v) is 3.21. The van der Waals surface area contributed by atoms with Gasteiger partial charge in [-0.2, -0.15) is 0 Å². The molecule has 1 aliphatic rings. The summed E-state index contributed by atoms with van der Waals surface area (Å²) in [6.07, 6.45) is 6.06. The molecule has 3 aromatic rings. The molecule has 0 amide bonds. The molecular weight excluding hydrogens is 286 g/mol. The molecule has 0 atom stereocenters. The number of imidazole rings is 1. The van der Waals surface area contributed by atoms with Gasteiger partial charge >= 0.3 is 0 Å². The summed E-state index contributed by atoms with van der Waals surface area (Å²) in [5.41, 5.74) is 5.83. The molecule has 0 saturated heterocycles. The molecule has 5 heteroatoms. The van der Waals surface area contributed by atoms with Crippen molar-refractivity contribution in [2.75, 3.05) is 6.54 Å². The van der Waals surface area contributed by atoms with Crippen LogP contribution in [0.15, 0.2) is 30.6 Å². The number of aromatic nitrogens is 4. The maximum absolute atomic E-state index is 4.75. The van der Waals surface area contributed by atoms with E-state index in [4.69, 9.17) is 9.97 Å². The highest BCUT2D eigenvalue weighted by atomic mass is 15.2. The van der Waals surface area contributed by atoms with Gasteiger partial charge in [-0.25, -0.2) is 15.0 Å². The Kier molecular flexibility index (Phi) is 3.58. The molecule has 1 aliphatic heterocycles. The molecule has 118 valence electrons. The first-order valence-electron chi connectivity index (χ1n) is 8.22. The molecule has 23 heavy (non-hydrogen) atoms. The van der Waals surface area contributed by atoms with Gasteiger partial charge in [-0.05, 0) is 31.0 Å². The molecule has 4 rings (SSSR count). The molecule has 0 aromatic carbocycles. The van der Waals surface area contributed by atoms with Gasteiger partial charge in [-0.1, -0.05) is 13.0 Å². The zero-order chi connectivity index (χ0) is 15.8. The normalized spacial score (nSPS) is 15.0. The van der Waals surface area contributed by atoms with Crippen molar-refractivity contribution in [3.05, 3.63) is 59.1 Å². The third-order valence-corrected chi connectivity index (χ3v) is 4.52. The molecule has 0 aliphatic carbocycles. The summed E-state index contributed by atoms with van der Waals surface area (Å²) in [6.45, 7) is 7.00. The van der Waals surface area contributed by atoms with E-state index in [-0.39, 0.29) is 0 Å². The minimum atomic E-state index is 0.867. The molecular formula is C18H21N5. The topological polar surface area (TPSA) is 46.3 Å². The maximum Gasteiger partial charge on any atom is 0.137 e. The molecule has 3 aromatic heterocycles. The van der Waals surface area contributed by atoms with Crippen molar-refractivity contribution < 1.29 is 0 Å². The lowest BCUT2D eigenvalue weighted by atomic mass is 10.1. The van der Waals surface area contributed by atoms with Crippen LogP contribution >= 0.6 is 0 Å². The molecule has 0 fully saturated rings. The number of hydrogen-bond acceptors (Lipinski definition) is 4. The predicted octanol–water partition coefficient (Wildman–Crippen LogP) is 2.55. The lowest BCUT2D eigenvalue weighted by molar-refractivity contribution is 0.238. The fraction of sp³-hybridized carbons (Fsp3) is 0.389. The van der Waals surface area contributed by atoms with Crippen molar-refractivity contribution in [3.8, 4) is 0 Å². The summed E-state index contributed by atoms with van der Waals surface area (Å²) in [5, 5.41) is 0. The Labute approximate surface area is 136 Å². The van der Waals surface area contributed by atoms with E-state index in [0.29, 0.717) is 0 Å². The highest BCUT2D eigenvalue weighted by Gasteiger charge is 2.19. The van der Waals surface area contributed by atoms with Crippen molar-refractivity contribution >= 4 is 5.65 Å². The lowest BCUT2D eigenvalue weighted by Gasteiger charge is -2.27. The first-order valence-corrected chi connectivity index (χ1v) is 8.22. The van der Waals surface area contributed by atoms with Gasteiger partial charge in [0.1, 0.15) is 11.5 Å². The summed E-state index contributed by atoms with van der Waals surface area (Å²) >= 11 is 0. The zero-order valence-corrected chi connectivity index (χ0v) is 13.7. The first kappa shape index (κ1) is 14.3. The van der Waals surface area contributed by atoms with Crippen LogP contribution < -0.4 is 0 Å². The van der Waals surface area contributed by atoms with E-state index < -0.39 is 0 Å². The predicted molar refractivity (Wildman–Crippen MR) is 89.2 cm³/mol. The van der Waals surface area contributed by atoms with Gasteiger partial charge in [0.15, 0.2) is 0 Å². The van der Waals surface area contributed by atoms with Gasteiger partial charge in [0, 0.05) is 44.1 Å².